The van der Waals surface area contributed by atoms with Crippen LogP contribution in [0, 0.1) is 11.7 Å². The molecule has 0 saturated carbocycles. The van der Waals surface area contributed by atoms with Gasteiger partial charge in [-0.05, 0) is 42.9 Å². The lowest BCUT2D eigenvalue weighted by Gasteiger charge is -2.35. The summed E-state index contributed by atoms with van der Waals surface area (Å²) in [6.45, 7) is 3.59. The average molecular weight is 306 g/mol. The van der Waals surface area contributed by atoms with Crippen LogP contribution in [-0.2, 0) is 16.0 Å². The highest BCUT2D eigenvalue weighted by atomic mass is 19.1. The second kappa shape index (κ2) is 7.20. The molecule has 2 aliphatic heterocycles. The van der Waals surface area contributed by atoms with Crippen LogP contribution in [0.25, 0.3) is 0 Å². The van der Waals surface area contributed by atoms with Gasteiger partial charge in [0.2, 0.25) is 0 Å². The molecule has 1 atom stereocenters. The molecule has 2 aliphatic rings. The predicted molar refractivity (Wildman–Crippen MR) is 82.0 cm³/mol. The van der Waals surface area contributed by atoms with Crippen LogP contribution in [0.2, 0.25) is 0 Å². The molecule has 1 aromatic rings. The van der Waals surface area contributed by atoms with Crippen LogP contribution in [0.4, 0.5) is 4.39 Å². The number of benzene rings is 1. The third-order valence-corrected chi connectivity index (χ3v) is 4.54. The highest BCUT2D eigenvalue weighted by molar-refractivity contribution is 5.81. The van der Waals surface area contributed by atoms with Crippen LogP contribution in [0.5, 0.6) is 0 Å². The Bertz CT molecular complexity index is 509. The van der Waals surface area contributed by atoms with E-state index in [1.807, 2.05) is 11.0 Å². The summed E-state index contributed by atoms with van der Waals surface area (Å²) in [7, 11) is 0. The van der Waals surface area contributed by atoms with Crippen molar-refractivity contribution in [3.05, 3.63) is 35.6 Å². The predicted octanol–water partition coefficient (Wildman–Crippen LogP) is 1.60. The molecule has 3 rings (SSSR count). The molecule has 1 unspecified atom stereocenters. The molecule has 2 heterocycles. The summed E-state index contributed by atoms with van der Waals surface area (Å²) in [4.78, 5) is 14.3. The normalized spacial score (nSPS) is 23.5. The minimum atomic E-state index is -0.325. The quantitative estimate of drug-likeness (QED) is 0.922. The second-order valence-electron chi connectivity index (χ2n) is 6.17. The average Bonchev–Trinajstić information content (AvgIpc) is 2.56. The number of hydrogen-bond acceptors (Lipinski definition) is 3. The summed E-state index contributed by atoms with van der Waals surface area (Å²) in [6, 6.07) is 6.82. The lowest BCUT2D eigenvalue weighted by Crippen LogP contribution is -2.51. The largest absolute Gasteiger partial charge is 0.366 e. The van der Waals surface area contributed by atoms with Gasteiger partial charge in [0.05, 0.1) is 6.61 Å². The first-order valence-electron chi connectivity index (χ1n) is 8.08. The molecule has 0 aromatic heterocycles. The molecule has 0 spiro atoms. The van der Waals surface area contributed by atoms with Crippen LogP contribution < -0.4 is 5.32 Å². The van der Waals surface area contributed by atoms with E-state index in [1.165, 1.54) is 6.07 Å². The van der Waals surface area contributed by atoms with Gasteiger partial charge in [-0.1, -0.05) is 12.1 Å². The Morgan fingerprint density at radius 3 is 2.86 bits per heavy atom. The molecule has 0 bridgehead atoms. The Morgan fingerprint density at radius 2 is 2.18 bits per heavy atom. The van der Waals surface area contributed by atoms with E-state index >= 15 is 0 Å². The SMILES string of the molecule is O=C(C1CNCCO1)N1CCC(Cc2cccc(F)c2)CC1. The van der Waals surface area contributed by atoms with Crippen LogP contribution in [-0.4, -0.2) is 49.7 Å². The number of hydrogen-bond donors (Lipinski definition) is 1. The molecule has 5 heteroatoms. The molecule has 0 aliphatic carbocycles. The zero-order valence-corrected chi connectivity index (χ0v) is 12.8. The highest BCUT2D eigenvalue weighted by Gasteiger charge is 2.29. The first-order chi connectivity index (χ1) is 10.7. The van der Waals surface area contributed by atoms with Gasteiger partial charge < -0.3 is 15.0 Å². The van der Waals surface area contributed by atoms with Crippen molar-refractivity contribution in [2.45, 2.75) is 25.4 Å². The van der Waals surface area contributed by atoms with E-state index in [0.29, 0.717) is 19.1 Å². The van der Waals surface area contributed by atoms with Crippen molar-refractivity contribution in [3.8, 4) is 0 Å². The number of ether oxygens (including phenoxy) is 1. The van der Waals surface area contributed by atoms with Gasteiger partial charge in [-0.2, -0.15) is 0 Å². The van der Waals surface area contributed by atoms with Gasteiger partial charge in [0.15, 0.2) is 0 Å². The highest BCUT2D eigenvalue weighted by Crippen LogP contribution is 2.22. The topological polar surface area (TPSA) is 41.6 Å². The molecule has 2 fully saturated rings. The summed E-state index contributed by atoms with van der Waals surface area (Å²) in [5, 5.41) is 3.19. The zero-order valence-electron chi connectivity index (χ0n) is 12.8. The molecule has 1 aromatic carbocycles. The zero-order chi connectivity index (χ0) is 15.4. The number of carbonyl (C=O) groups is 1. The minimum absolute atomic E-state index is 0.108. The summed E-state index contributed by atoms with van der Waals surface area (Å²) >= 11 is 0. The Labute approximate surface area is 130 Å². The number of likely N-dealkylation sites (tertiary alicyclic amines) is 1. The van der Waals surface area contributed by atoms with Gasteiger partial charge in [-0.3, -0.25) is 4.79 Å². The summed E-state index contributed by atoms with van der Waals surface area (Å²) in [6.07, 6.45) is 2.51. The first-order valence-corrected chi connectivity index (χ1v) is 8.08. The third kappa shape index (κ3) is 3.84. The Balaban J connectivity index is 1.48. The molecule has 22 heavy (non-hydrogen) atoms. The van der Waals surface area contributed by atoms with E-state index in [1.54, 1.807) is 12.1 Å². The number of morpholine rings is 1. The minimum Gasteiger partial charge on any atom is -0.366 e. The van der Waals surface area contributed by atoms with E-state index in [9.17, 15) is 9.18 Å². The summed E-state index contributed by atoms with van der Waals surface area (Å²) in [5.74, 6) is 0.458. The molecule has 0 radical (unpaired) electrons. The lowest BCUT2D eigenvalue weighted by molar-refractivity contribution is -0.146. The van der Waals surface area contributed by atoms with Crippen LogP contribution >= 0.6 is 0 Å². The summed E-state index contributed by atoms with van der Waals surface area (Å²) < 4.78 is 18.8. The fraction of sp³-hybridized carbons (Fsp3) is 0.588. The van der Waals surface area contributed by atoms with E-state index in [4.69, 9.17) is 4.74 Å². The number of nitrogens with one attached hydrogen (secondary N) is 1. The van der Waals surface area contributed by atoms with Gasteiger partial charge in [0.25, 0.3) is 5.91 Å². The Kier molecular flexibility index (Phi) is 5.05. The molecule has 4 nitrogen and oxygen atoms in total. The molecule has 120 valence electrons. The van der Waals surface area contributed by atoms with Gasteiger partial charge in [-0.25, -0.2) is 4.39 Å². The van der Waals surface area contributed by atoms with Crippen LogP contribution in [0.15, 0.2) is 24.3 Å². The molecule has 1 N–H and O–H groups in total. The van der Waals surface area contributed by atoms with Crippen molar-refractivity contribution >= 4 is 5.91 Å². The van der Waals surface area contributed by atoms with E-state index in [0.717, 1.165) is 44.5 Å². The van der Waals surface area contributed by atoms with Crippen LogP contribution in [0.3, 0.4) is 0 Å². The first kappa shape index (κ1) is 15.4. The monoisotopic (exact) mass is 306 g/mol. The van der Waals surface area contributed by atoms with Crippen molar-refractivity contribution in [2.24, 2.45) is 5.92 Å². The maximum Gasteiger partial charge on any atom is 0.253 e. The fourth-order valence-corrected chi connectivity index (χ4v) is 3.28. The van der Waals surface area contributed by atoms with Gasteiger partial charge in [0, 0.05) is 26.2 Å². The van der Waals surface area contributed by atoms with Crippen molar-refractivity contribution in [2.75, 3.05) is 32.8 Å². The molecule has 1 amide bonds. The van der Waals surface area contributed by atoms with E-state index in [-0.39, 0.29) is 17.8 Å². The number of amides is 1. The molecular formula is C17H23FN2O2. The molecule has 2 saturated heterocycles. The van der Waals surface area contributed by atoms with E-state index < -0.39 is 0 Å². The number of piperidine rings is 1. The lowest BCUT2D eigenvalue weighted by atomic mass is 9.90. The van der Waals surface area contributed by atoms with Crippen molar-refractivity contribution in [1.29, 1.82) is 0 Å². The second-order valence-corrected chi connectivity index (χ2v) is 6.17. The van der Waals surface area contributed by atoms with Crippen molar-refractivity contribution in [3.63, 3.8) is 0 Å². The fourth-order valence-electron chi connectivity index (χ4n) is 3.28. The maximum absolute atomic E-state index is 13.2. The number of rotatable bonds is 3. The van der Waals surface area contributed by atoms with Gasteiger partial charge in [-0.15, -0.1) is 0 Å². The smallest absolute Gasteiger partial charge is 0.253 e. The standard InChI is InChI=1S/C17H23FN2O2/c18-15-3-1-2-14(11-15)10-13-4-7-20(8-5-13)17(21)16-12-19-6-9-22-16/h1-3,11,13,16,19H,4-10,12H2. The van der Waals surface area contributed by atoms with Crippen molar-refractivity contribution < 1.29 is 13.9 Å². The van der Waals surface area contributed by atoms with Crippen LogP contribution in [0.1, 0.15) is 18.4 Å². The summed E-state index contributed by atoms with van der Waals surface area (Å²) in [5.41, 5.74) is 1.05. The Hall–Kier alpha value is -1.46. The molecular weight excluding hydrogens is 283 g/mol. The number of halogens is 1. The number of carbonyl (C=O) groups excluding carboxylic acids is 1. The van der Waals surface area contributed by atoms with E-state index in [2.05, 4.69) is 5.32 Å². The maximum atomic E-state index is 13.2. The Morgan fingerprint density at radius 1 is 1.36 bits per heavy atom. The van der Waals surface area contributed by atoms with Gasteiger partial charge >= 0.3 is 0 Å². The number of nitrogens with zero attached hydrogens (tertiary/aromatic N) is 1. The third-order valence-electron chi connectivity index (χ3n) is 4.54. The van der Waals surface area contributed by atoms with Crippen molar-refractivity contribution in [1.82, 2.24) is 10.2 Å². The van der Waals surface area contributed by atoms with Gasteiger partial charge in [0.1, 0.15) is 11.9 Å².